The number of benzene rings is 1. The summed E-state index contributed by atoms with van der Waals surface area (Å²) in [6.07, 6.45) is 1.53. The van der Waals surface area contributed by atoms with Crippen molar-refractivity contribution in [2.45, 2.75) is 6.92 Å². The van der Waals surface area contributed by atoms with E-state index in [1.165, 1.54) is 6.33 Å². The highest BCUT2D eigenvalue weighted by molar-refractivity contribution is 5.62. The molecule has 2 rings (SSSR count). The second kappa shape index (κ2) is 6.53. The Labute approximate surface area is 119 Å². The fraction of sp³-hybridized carbons (Fsp3) is 0.267. The van der Waals surface area contributed by atoms with Crippen LogP contribution in [0.2, 0.25) is 0 Å². The molecule has 1 aromatic carbocycles. The number of para-hydroxylation sites is 1. The molecule has 0 aliphatic rings. The maximum absolute atomic E-state index is 8.76. The van der Waals surface area contributed by atoms with Crippen molar-refractivity contribution in [3.05, 3.63) is 42.7 Å². The maximum Gasteiger partial charge on any atom is 0.138 e. The first kappa shape index (κ1) is 13.8. The van der Waals surface area contributed by atoms with E-state index in [0.717, 1.165) is 23.9 Å². The van der Waals surface area contributed by atoms with Crippen molar-refractivity contribution in [1.29, 1.82) is 5.26 Å². The highest BCUT2D eigenvalue weighted by atomic mass is 15.2. The van der Waals surface area contributed by atoms with Gasteiger partial charge in [-0.25, -0.2) is 9.97 Å². The molecule has 1 aromatic heterocycles. The predicted octanol–water partition coefficient (Wildman–Crippen LogP) is 2.59. The number of nitrogens with zero attached hydrogens (tertiary/aromatic N) is 5. The highest BCUT2D eigenvalue weighted by Crippen LogP contribution is 2.24. The third kappa shape index (κ3) is 3.04. The summed E-state index contributed by atoms with van der Waals surface area (Å²) in [6.45, 7) is 3.18. The van der Waals surface area contributed by atoms with E-state index in [1.54, 1.807) is 4.90 Å². The van der Waals surface area contributed by atoms with Gasteiger partial charge in [-0.2, -0.15) is 5.26 Å². The van der Waals surface area contributed by atoms with Crippen molar-refractivity contribution < 1.29 is 0 Å². The van der Waals surface area contributed by atoms with Crippen molar-refractivity contribution in [3.63, 3.8) is 0 Å². The van der Waals surface area contributed by atoms with Gasteiger partial charge in [-0.05, 0) is 19.1 Å². The van der Waals surface area contributed by atoms with Crippen molar-refractivity contribution in [3.8, 4) is 6.07 Å². The molecule has 0 amide bonds. The first-order valence-corrected chi connectivity index (χ1v) is 6.49. The Balaban J connectivity index is 2.32. The Morgan fingerprint density at radius 1 is 1.15 bits per heavy atom. The Morgan fingerprint density at radius 2 is 1.85 bits per heavy atom. The normalized spacial score (nSPS) is 9.85. The van der Waals surface area contributed by atoms with Gasteiger partial charge in [0.05, 0.1) is 6.07 Å². The van der Waals surface area contributed by atoms with Crippen molar-refractivity contribution in [1.82, 2.24) is 9.97 Å². The molecular formula is C15H17N5. The lowest BCUT2D eigenvalue weighted by Gasteiger charge is -2.23. The van der Waals surface area contributed by atoms with Gasteiger partial charge in [0.25, 0.3) is 0 Å². The molecule has 0 aliphatic heterocycles. The zero-order valence-electron chi connectivity index (χ0n) is 11.7. The van der Waals surface area contributed by atoms with Crippen molar-refractivity contribution in [2.24, 2.45) is 0 Å². The molecule has 1 heterocycles. The standard InChI is InChI=1S/C15H17N5/c1-3-20(13-7-5-4-6-8-13)15-11-14(17-12-18-15)19(2)10-9-16/h4-8,11-12H,3,10H2,1-2H3. The quantitative estimate of drug-likeness (QED) is 0.779. The van der Waals surface area contributed by atoms with Crippen LogP contribution < -0.4 is 9.80 Å². The Bertz CT molecular complexity index is 591. The van der Waals surface area contributed by atoms with E-state index in [0.29, 0.717) is 6.54 Å². The smallest absolute Gasteiger partial charge is 0.138 e. The van der Waals surface area contributed by atoms with E-state index in [2.05, 4.69) is 27.9 Å². The average Bonchev–Trinajstić information content (AvgIpc) is 2.50. The van der Waals surface area contributed by atoms with E-state index < -0.39 is 0 Å². The third-order valence-electron chi connectivity index (χ3n) is 3.00. The first-order valence-electron chi connectivity index (χ1n) is 6.49. The Hall–Kier alpha value is -2.61. The summed E-state index contributed by atoms with van der Waals surface area (Å²) in [4.78, 5) is 12.4. The molecule has 20 heavy (non-hydrogen) atoms. The minimum absolute atomic E-state index is 0.300. The monoisotopic (exact) mass is 267 g/mol. The van der Waals surface area contributed by atoms with E-state index in [1.807, 2.05) is 43.4 Å². The SMILES string of the molecule is CCN(c1ccccc1)c1cc(N(C)CC#N)ncn1. The summed E-state index contributed by atoms with van der Waals surface area (Å²) in [5, 5.41) is 8.76. The van der Waals surface area contributed by atoms with E-state index in [-0.39, 0.29) is 0 Å². The van der Waals surface area contributed by atoms with E-state index >= 15 is 0 Å². The van der Waals surface area contributed by atoms with Gasteiger partial charge in [-0.15, -0.1) is 0 Å². The van der Waals surface area contributed by atoms with Gasteiger partial charge >= 0.3 is 0 Å². The van der Waals surface area contributed by atoms with Crippen LogP contribution in [0.25, 0.3) is 0 Å². The third-order valence-corrected chi connectivity index (χ3v) is 3.00. The van der Waals surface area contributed by atoms with Gasteiger partial charge < -0.3 is 9.80 Å². The summed E-state index contributed by atoms with van der Waals surface area (Å²) in [6, 6.07) is 14.1. The lowest BCUT2D eigenvalue weighted by Crippen LogP contribution is -2.21. The maximum atomic E-state index is 8.76. The molecule has 5 heteroatoms. The highest BCUT2D eigenvalue weighted by Gasteiger charge is 2.10. The molecule has 0 atom stereocenters. The van der Waals surface area contributed by atoms with Crippen LogP contribution in [0.5, 0.6) is 0 Å². The zero-order valence-corrected chi connectivity index (χ0v) is 11.7. The molecule has 102 valence electrons. The molecule has 0 bridgehead atoms. The second-order valence-electron chi connectivity index (χ2n) is 4.33. The van der Waals surface area contributed by atoms with Gasteiger partial charge in [-0.3, -0.25) is 0 Å². The number of nitriles is 1. The largest absolute Gasteiger partial charge is 0.346 e. The number of hydrogen-bond acceptors (Lipinski definition) is 5. The number of rotatable bonds is 5. The van der Waals surface area contributed by atoms with Crippen LogP contribution in [0.15, 0.2) is 42.7 Å². The Kier molecular flexibility index (Phi) is 4.51. The van der Waals surface area contributed by atoms with E-state index in [4.69, 9.17) is 5.26 Å². The van der Waals surface area contributed by atoms with Crippen LogP contribution in [-0.4, -0.2) is 30.1 Å². The number of hydrogen-bond donors (Lipinski definition) is 0. The molecule has 0 unspecified atom stereocenters. The average molecular weight is 267 g/mol. The minimum atomic E-state index is 0.300. The first-order chi connectivity index (χ1) is 9.76. The molecule has 0 radical (unpaired) electrons. The molecule has 0 spiro atoms. The zero-order chi connectivity index (χ0) is 14.4. The lowest BCUT2D eigenvalue weighted by molar-refractivity contribution is 0.944. The summed E-state index contributed by atoms with van der Waals surface area (Å²) in [5.74, 6) is 1.57. The number of anilines is 3. The van der Waals surface area contributed by atoms with Crippen LogP contribution >= 0.6 is 0 Å². The molecule has 0 N–H and O–H groups in total. The fourth-order valence-electron chi connectivity index (χ4n) is 1.97. The molecular weight excluding hydrogens is 250 g/mol. The number of aromatic nitrogens is 2. The lowest BCUT2D eigenvalue weighted by atomic mass is 10.3. The van der Waals surface area contributed by atoms with Gasteiger partial charge in [0.1, 0.15) is 24.5 Å². The van der Waals surface area contributed by atoms with Crippen LogP contribution in [0.1, 0.15) is 6.92 Å². The summed E-state index contributed by atoms with van der Waals surface area (Å²) in [7, 11) is 1.84. The molecule has 2 aromatic rings. The summed E-state index contributed by atoms with van der Waals surface area (Å²) in [5.41, 5.74) is 1.09. The predicted molar refractivity (Wildman–Crippen MR) is 80.0 cm³/mol. The topological polar surface area (TPSA) is 56.0 Å². The molecule has 5 nitrogen and oxygen atoms in total. The van der Waals surface area contributed by atoms with Gasteiger partial charge in [0, 0.05) is 25.3 Å². The molecule has 0 aliphatic carbocycles. The van der Waals surface area contributed by atoms with Gasteiger partial charge in [0.2, 0.25) is 0 Å². The molecule has 0 saturated carbocycles. The van der Waals surface area contributed by atoms with Crippen molar-refractivity contribution in [2.75, 3.05) is 29.9 Å². The van der Waals surface area contributed by atoms with Crippen molar-refractivity contribution >= 4 is 17.3 Å². The molecule has 0 fully saturated rings. The minimum Gasteiger partial charge on any atom is -0.346 e. The fourth-order valence-corrected chi connectivity index (χ4v) is 1.97. The van der Waals surface area contributed by atoms with Gasteiger partial charge in [-0.1, -0.05) is 18.2 Å². The summed E-state index contributed by atoms with van der Waals surface area (Å²) < 4.78 is 0. The van der Waals surface area contributed by atoms with Crippen LogP contribution in [-0.2, 0) is 0 Å². The van der Waals surface area contributed by atoms with Crippen LogP contribution in [0.4, 0.5) is 17.3 Å². The second-order valence-corrected chi connectivity index (χ2v) is 4.33. The van der Waals surface area contributed by atoms with Crippen LogP contribution in [0.3, 0.4) is 0 Å². The molecule has 0 saturated heterocycles. The summed E-state index contributed by atoms with van der Waals surface area (Å²) >= 11 is 0. The Morgan fingerprint density at radius 3 is 2.50 bits per heavy atom. The van der Waals surface area contributed by atoms with E-state index in [9.17, 15) is 0 Å². The van der Waals surface area contributed by atoms with Crippen LogP contribution in [0, 0.1) is 11.3 Å². The van der Waals surface area contributed by atoms with Gasteiger partial charge in [0.15, 0.2) is 0 Å².